The van der Waals surface area contributed by atoms with Gasteiger partial charge in [-0.15, -0.1) is 0 Å². The first-order chi connectivity index (χ1) is 3.66. The molecule has 0 rings (SSSR count). The summed E-state index contributed by atoms with van der Waals surface area (Å²) in [6.07, 6.45) is 0. The molecule has 0 aliphatic rings. The maximum absolute atomic E-state index is 2.39. The summed E-state index contributed by atoms with van der Waals surface area (Å²) in [5.74, 6) is 0. The third-order valence-corrected chi connectivity index (χ3v) is 1.98. The van der Waals surface area contributed by atoms with Crippen LogP contribution in [0.3, 0.4) is 0 Å². The van der Waals surface area contributed by atoms with Crippen LogP contribution in [0.15, 0.2) is 0 Å². The molecule has 0 aromatic rings. The van der Waals surface area contributed by atoms with Gasteiger partial charge in [0.2, 0.25) is 0 Å². The summed E-state index contributed by atoms with van der Waals surface area (Å²) >= 11 is 1.18. The summed E-state index contributed by atoms with van der Waals surface area (Å²) in [6, 6.07) is 0. The molecule has 0 heterocycles. The van der Waals surface area contributed by atoms with E-state index in [1.165, 1.54) is 23.1 Å². The van der Waals surface area contributed by atoms with Crippen LogP contribution in [0, 0.1) is 0 Å². The molecule has 0 radical (unpaired) electrons. The minimum atomic E-state index is 1.11. The van der Waals surface area contributed by atoms with Crippen molar-refractivity contribution >= 4 is 16.5 Å². The zero-order chi connectivity index (χ0) is 6.57. The molecule has 3 heteroatoms. The Hall–Kier alpha value is 0.452. The molecule has 0 aromatic carbocycles. The van der Waals surface area contributed by atoms with Gasteiger partial charge in [0.15, 0.2) is 0 Å². The van der Waals surface area contributed by atoms with Gasteiger partial charge in [0, 0.05) is 6.67 Å². The topological polar surface area (TPSA) is 6.48 Å². The van der Waals surface area contributed by atoms with Crippen molar-refractivity contribution in [1.29, 1.82) is 0 Å². The highest BCUT2D eigenvalue weighted by Gasteiger charge is 1.92. The second-order valence-electron chi connectivity index (χ2n) is 2.39. The summed E-state index contributed by atoms with van der Waals surface area (Å²) < 4.78 is 2.39. The van der Waals surface area contributed by atoms with Crippen molar-refractivity contribution in [3.8, 4) is 0 Å². The summed E-state index contributed by atoms with van der Waals surface area (Å²) in [6.45, 7) is 4.49. The van der Waals surface area contributed by atoms with Crippen LogP contribution in [0.25, 0.3) is 0 Å². The molecule has 8 heavy (non-hydrogen) atoms. The predicted octanol–water partition coefficient (Wildman–Crippen LogP) is -0.625. The fraction of sp³-hybridized carbons (Fsp3) is 1.00. The van der Waals surface area contributed by atoms with Crippen LogP contribution in [-0.2, 0) is 0 Å². The van der Waals surface area contributed by atoms with Gasteiger partial charge < -0.3 is 3.88 Å². The molecule has 2 nitrogen and oxygen atoms in total. The Morgan fingerprint density at radius 1 is 1.38 bits per heavy atom. The second-order valence-corrected chi connectivity index (χ2v) is 3.66. The highest BCUT2D eigenvalue weighted by molar-refractivity contribution is 6.04. The maximum Gasteiger partial charge on any atom is 0.323 e. The molecule has 0 aliphatic heterocycles. The van der Waals surface area contributed by atoms with Crippen molar-refractivity contribution in [2.75, 3.05) is 27.3 Å². The second kappa shape index (κ2) is 4.34. The molecule has 0 N–H and O–H groups in total. The SMILES string of the molecule is CC[N]([AlH2])CN(C)C. The minimum absolute atomic E-state index is 1.11. The van der Waals surface area contributed by atoms with Crippen LogP contribution in [0.5, 0.6) is 0 Å². The highest BCUT2D eigenvalue weighted by atomic mass is 27.1. The average Bonchev–Trinajstić information content (AvgIpc) is 1.65. The van der Waals surface area contributed by atoms with E-state index in [4.69, 9.17) is 0 Å². The Bertz CT molecular complexity index is 56.4. The average molecular weight is 130 g/mol. The Labute approximate surface area is 60.1 Å². The van der Waals surface area contributed by atoms with E-state index in [1.807, 2.05) is 0 Å². The Balaban J connectivity index is 3.10. The largest absolute Gasteiger partial charge is 0.379 e. The first-order valence-electron chi connectivity index (χ1n) is 3.00. The first-order valence-corrected chi connectivity index (χ1v) is 3.89. The van der Waals surface area contributed by atoms with Gasteiger partial charge in [-0.25, -0.2) is 0 Å². The van der Waals surface area contributed by atoms with Crippen molar-refractivity contribution in [3.05, 3.63) is 0 Å². The van der Waals surface area contributed by atoms with E-state index in [2.05, 4.69) is 29.8 Å². The van der Waals surface area contributed by atoms with Gasteiger partial charge in [0.1, 0.15) is 0 Å². The fourth-order valence-corrected chi connectivity index (χ4v) is 1.15. The normalized spacial score (nSPS) is 11.1. The Morgan fingerprint density at radius 3 is 2.00 bits per heavy atom. The zero-order valence-electron chi connectivity index (χ0n) is 6.31. The summed E-state index contributed by atoms with van der Waals surface area (Å²) in [7, 11) is 4.20. The number of nitrogens with zero attached hydrogens (tertiary/aromatic N) is 2. The van der Waals surface area contributed by atoms with Gasteiger partial charge in [0.25, 0.3) is 0 Å². The predicted molar refractivity (Wildman–Crippen MR) is 39.5 cm³/mol. The van der Waals surface area contributed by atoms with Crippen molar-refractivity contribution in [2.45, 2.75) is 6.92 Å². The van der Waals surface area contributed by atoms with E-state index in [0.29, 0.717) is 0 Å². The molecule has 0 aliphatic carbocycles. The fourth-order valence-electron chi connectivity index (χ4n) is 0.583. The molecule has 0 atom stereocenters. The monoisotopic (exact) mass is 130 g/mol. The quantitative estimate of drug-likeness (QED) is 0.371. The third-order valence-electron chi connectivity index (χ3n) is 1.06. The van der Waals surface area contributed by atoms with Crippen molar-refractivity contribution in [3.63, 3.8) is 0 Å². The molecular formula is C5H15AlN2. The van der Waals surface area contributed by atoms with Crippen molar-refractivity contribution in [1.82, 2.24) is 8.78 Å². The smallest absolute Gasteiger partial charge is 0.323 e. The van der Waals surface area contributed by atoms with Gasteiger partial charge in [-0.2, -0.15) is 0 Å². The van der Waals surface area contributed by atoms with Crippen LogP contribution in [0.4, 0.5) is 0 Å². The van der Waals surface area contributed by atoms with Gasteiger partial charge in [-0.1, -0.05) is 6.92 Å². The lowest BCUT2D eigenvalue weighted by Crippen LogP contribution is -2.31. The van der Waals surface area contributed by atoms with Crippen LogP contribution in [0.1, 0.15) is 6.92 Å². The zero-order valence-corrected chi connectivity index (χ0v) is 8.31. The van der Waals surface area contributed by atoms with E-state index in [0.717, 1.165) is 6.67 Å². The molecule has 0 saturated heterocycles. The summed E-state index contributed by atoms with van der Waals surface area (Å²) in [5, 5.41) is 0. The highest BCUT2D eigenvalue weighted by Crippen LogP contribution is 1.79. The van der Waals surface area contributed by atoms with Crippen molar-refractivity contribution < 1.29 is 0 Å². The van der Waals surface area contributed by atoms with Gasteiger partial charge >= 0.3 is 16.5 Å². The molecule has 0 amide bonds. The number of hydrogen-bond acceptors (Lipinski definition) is 2. The Kier molecular flexibility index (Phi) is 4.59. The van der Waals surface area contributed by atoms with Crippen molar-refractivity contribution in [2.24, 2.45) is 0 Å². The minimum Gasteiger partial charge on any atom is -0.379 e. The van der Waals surface area contributed by atoms with E-state index >= 15 is 0 Å². The van der Waals surface area contributed by atoms with Crippen LogP contribution in [0.2, 0.25) is 0 Å². The number of rotatable bonds is 3. The third kappa shape index (κ3) is 4.61. The first kappa shape index (κ1) is 8.45. The molecule has 0 aromatic heterocycles. The van der Waals surface area contributed by atoms with E-state index in [-0.39, 0.29) is 0 Å². The summed E-state index contributed by atoms with van der Waals surface area (Å²) in [4.78, 5) is 2.19. The molecule has 0 fully saturated rings. The lowest BCUT2D eigenvalue weighted by molar-refractivity contribution is 0.282. The standard InChI is InChI=1S/C5H13N2.Al.2H/c1-4-6-5-7(2)3;;;/h4-5H2,1-3H3;;;/q-1;+1;;. The van der Waals surface area contributed by atoms with E-state index in [9.17, 15) is 0 Å². The molecule has 48 valence electrons. The molecule has 0 spiro atoms. The van der Waals surface area contributed by atoms with Crippen LogP contribution >= 0.6 is 0 Å². The molecule has 0 bridgehead atoms. The van der Waals surface area contributed by atoms with Gasteiger partial charge in [0.05, 0.1) is 0 Å². The van der Waals surface area contributed by atoms with Crippen LogP contribution < -0.4 is 0 Å². The molecule has 0 unspecified atom stereocenters. The summed E-state index contributed by atoms with van der Waals surface area (Å²) in [5.41, 5.74) is 0. The van der Waals surface area contributed by atoms with E-state index in [1.54, 1.807) is 0 Å². The lowest BCUT2D eigenvalue weighted by Gasteiger charge is -2.19. The van der Waals surface area contributed by atoms with Crippen LogP contribution in [-0.4, -0.2) is 52.6 Å². The van der Waals surface area contributed by atoms with Gasteiger partial charge in [-0.05, 0) is 20.6 Å². The maximum atomic E-state index is 2.39. The van der Waals surface area contributed by atoms with Gasteiger partial charge in [-0.3, -0.25) is 4.90 Å². The lowest BCUT2D eigenvalue weighted by atomic mass is 10.7. The Morgan fingerprint density at radius 2 is 1.88 bits per heavy atom. The molecule has 0 saturated carbocycles. The molecular weight excluding hydrogens is 115 g/mol. The number of hydrogen-bond donors (Lipinski definition) is 0. The van der Waals surface area contributed by atoms with E-state index < -0.39 is 0 Å².